The smallest absolute Gasteiger partial charge is 0.191 e. The van der Waals surface area contributed by atoms with Crippen molar-refractivity contribution in [1.82, 2.24) is 4.90 Å². The summed E-state index contributed by atoms with van der Waals surface area (Å²) in [6.45, 7) is 2.58. The average molecular weight is 468 g/mol. The lowest BCUT2D eigenvalue weighted by Gasteiger charge is -2.21. The number of rotatable bonds is 3. The zero-order valence-electron chi connectivity index (χ0n) is 12.3. The minimum absolute atomic E-state index is 0. The van der Waals surface area contributed by atoms with E-state index in [1.807, 2.05) is 18.2 Å². The van der Waals surface area contributed by atoms with Crippen LogP contribution in [0.15, 0.2) is 27.7 Å². The van der Waals surface area contributed by atoms with Gasteiger partial charge in [0.05, 0.1) is 13.7 Å². The lowest BCUT2D eigenvalue weighted by atomic mass is 10.2. The molecule has 1 aliphatic rings. The summed E-state index contributed by atoms with van der Waals surface area (Å²) in [4.78, 5) is 6.72. The van der Waals surface area contributed by atoms with Crippen LogP contribution in [0.2, 0.25) is 0 Å². The minimum atomic E-state index is 0. The molecule has 0 aliphatic carbocycles. The fourth-order valence-corrected chi connectivity index (χ4v) is 2.85. The Hall–Kier alpha value is -0.500. The first-order valence-corrected chi connectivity index (χ1v) is 7.87. The Morgan fingerprint density at radius 1 is 1.29 bits per heavy atom. The lowest BCUT2D eigenvalue weighted by molar-refractivity contribution is 0.408. The fraction of sp³-hybridized carbons (Fsp3) is 0.533. The van der Waals surface area contributed by atoms with Crippen molar-refractivity contribution in [2.75, 3.05) is 20.2 Å². The quantitative estimate of drug-likeness (QED) is 0.418. The zero-order chi connectivity index (χ0) is 14.4. The van der Waals surface area contributed by atoms with Crippen LogP contribution in [0.25, 0.3) is 0 Å². The third-order valence-corrected chi connectivity index (χ3v) is 4.08. The third kappa shape index (κ3) is 5.65. The van der Waals surface area contributed by atoms with Gasteiger partial charge in [-0.25, -0.2) is 4.99 Å². The highest BCUT2D eigenvalue weighted by atomic mass is 127. The number of nitrogens with zero attached hydrogens (tertiary/aromatic N) is 2. The SMILES string of the molecule is COc1ccc(Br)cc1CN=C(N)N1CCCCCC1.I. The van der Waals surface area contributed by atoms with Gasteiger partial charge >= 0.3 is 0 Å². The van der Waals surface area contributed by atoms with Gasteiger partial charge in [0.2, 0.25) is 0 Å². The van der Waals surface area contributed by atoms with E-state index in [0.717, 1.165) is 28.9 Å². The first-order valence-electron chi connectivity index (χ1n) is 7.08. The van der Waals surface area contributed by atoms with E-state index in [9.17, 15) is 0 Å². The van der Waals surface area contributed by atoms with E-state index in [0.29, 0.717) is 12.5 Å². The Kier molecular flexibility index (Phi) is 8.39. The van der Waals surface area contributed by atoms with Crippen molar-refractivity contribution in [2.45, 2.75) is 32.2 Å². The molecule has 0 unspecified atom stereocenters. The number of hydrogen-bond donors (Lipinski definition) is 1. The summed E-state index contributed by atoms with van der Waals surface area (Å²) in [5, 5.41) is 0. The van der Waals surface area contributed by atoms with Crippen molar-refractivity contribution >= 4 is 45.9 Å². The molecule has 1 fully saturated rings. The van der Waals surface area contributed by atoms with Crippen LogP contribution in [0.3, 0.4) is 0 Å². The molecule has 4 nitrogen and oxygen atoms in total. The summed E-state index contributed by atoms with van der Waals surface area (Å²) < 4.78 is 6.38. The molecule has 0 atom stereocenters. The molecule has 0 radical (unpaired) electrons. The Morgan fingerprint density at radius 2 is 1.95 bits per heavy atom. The Labute approximate surface area is 152 Å². The van der Waals surface area contributed by atoms with E-state index in [2.05, 4.69) is 25.8 Å². The van der Waals surface area contributed by atoms with Crippen molar-refractivity contribution < 1.29 is 4.74 Å². The van der Waals surface area contributed by atoms with Gasteiger partial charge in [0.25, 0.3) is 0 Å². The second-order valence-electron chi connectivity index (χ2n) is 5.03. The monoisotopic (exact) mass is 467 g/mol. The van der Waals surface area contributed by atoms with Gasteiger partial charge in [-0.3, -0.25) is 0 Å². The van der Waals surface area contributed by atoms with Crippen LogP contribution in [0.5, 0.6) is 5.75 Å². The van der Waals surface area contributed by atoms with Crippen molar-refractivity contribution in [3.05, 3.63) is 28.2 Å². The fourth-order valence-electron chi connectivity index (χ4n) is 2.44. The summed E-state index contributed by atoms with van der Waals surface area (Å²) in [5.74, 6) is 1.49. The molecular weight excluding hydrogens is 445 g/mol. The van der Waals surface area contributed by atoms with Crippen molar-refractivity contribution in [2.24, 2.45) is 10.7 Å². The normalized spacial score (nSPS) is 16.1. The molecule has 1 aromatic carbocycles. The first kappa shape index (κ1) is 18.5. The molecule has 0 saturated carbocycles. The van der Waals surface area contributed by atoms with Crippen LogP contribution in [0, 0.1) is 0 Å². The molecule has 1 aliphatic heterocycles. The predicted octanol–water partition coefficient (Wildman–Crippen LogP) is 3.77. The van der Waals surface area contributed by atoms with Gasteiger partial charge in [0.1, 0.15) is 5.75 Å². The third-order valence-electron chi connectivity index (χ3n) is 3.58. The van der Waals surface area contributed by atoms with Crippen LogP contribution in [0.4, 0.5) is 0 Å². The lowest BCUT2D eigenvalue weighted by Crippen LogP contribution is -2.38. The Balaban J connectivity index is 0.00000220. The number of ether oxygens (including phenoxy) is 1. The highest BCUT2D eigenvalue weighted by Crippen LogP contribution is 2.23. The molecule has 1 aromatic rings. The number of halogens is 2. The molecule has 1 saturated heterocycles. The van der Waals surface area contributed by atoms with Crippen LogP contribution < -0.4 is 10.5 Å². The van der Waals surface area contributed by atoms with Crippen LogP contribution in [-0.2, 0) is 6.54 Å². The summed E-state index contributed by atoms with van der Waals surface area (Å²) in [6.07, 6.45) is 5.00. The highest BCUT2D eigenvalue weighted by Gasteiger charge is 2.11. The summed E-state index contributed by atoms with van der Waals surface area (Å²) >= 11 is 3.47. The van der Waals surface area contributed by atoms with Gasteiger partial charge in [-0.1, -0.05) is 28.8 Å². The highest BCUT2D eigenvalue weighted by molar-refractivity contribution is 14.0. The van der Waals surface area contributed by atoms with Crippen LogP contribution >= 0.6 is 39.9 Å². The number of methoxy groups -OCH3 is 1. The van der Waals surface area contributed by atoms with Gasteiger partial charge < -0.3 is 15.4 Å². The topological polar surface area (TPSA) is 50.9 Å². The number of hydrogen-bond acceptors (Lipinski definition) is 2. The Bertz CT molecular complexity index is 474. The standard InChI is InChI=1S/C15H22BrN3O.HI/c1-20-14-7-6-13(16)10-12(14)11-18-15(17)19-8-4-2-3-5-9-19;/h6-7,10H,2-5,8-9,11H2,1H3,(H2,17,18);1H. The molecule has 0 bridgehead atoms. The van der Waals surface area contributed by atoms with E-state index in [-0.39, 0.29) is 24.0 Å². The predicted molar refractivity (Wildman–Crippen MR) is 101 cm³/mol. The second-order valence-corrected chi connectivity index (χ2v) is 5.95. The van der Waals surface area contributed by atoms with Crippen molar-refractivity contribution in [1.29, 1.82) is 0 Å². The molecule has 118 valence electrons. The number of aliphatic imine (C=N–C) groups is 1. The van der Waals surface area contributed by atoms with E-state index < -0.39 is 0 Å². The average Bonchev–Trinajstić information content (AvgIpc) is 2.74. The van der Waals surface area contributed by atoms with E-state index in [1.54, 1.807) is 7.11 Å². The van der Waals surface area contributed by atoms with Crippen molar-refractivity contribution in [3.63, 3.8) is 0 Å². The van der Waals surface area contributed by atoms with Gasteiger partial charge in [-0.2, -0.15) is 0 Å². The summed E-state index contributed by atoms with van der Waals surface area (Å²) in [5.41, 5.74) is 7.16. The Morgan fingerprint density at radius 3 is 2.57 bits per heavy atom. The molecule has 2 rings (SSSR count). The van der Waals surface area contributed by atoms with E-state index in [4.69, 9.17) is 10.5 Å². The second kappa shape index (κ2) is 9.50. The molecular formula is C15H23BrIN3O. The largest absolute Gasteiger partial charge is 0.496 e. The van der Waals surface area contributed by atoms with Gasteiger partial charge in [0.15, 0.2) is 5.96 Å². The number of guanidine groups is 1. The maximum absolute atomic E-state index is 6.12. The number of nitrogens with two attached hydrogens (primary N) is 1. The van der Waals surface area contributed by atoms with Gasteiger partial charge in [0, 0.05) is 23.1 Å². The van der Waals surface area contributed by atoms with E-state index in [1.165, 1.54) is 25.7 Å². The van der Waals surface area contributed by atoms with Crippen LogP contribution in [0.1, 0.15) is 31.2 Å². The first-order chi connectivity index (χ1) is 9.70. The number of likely N-dealkylation sites (tertiary alicyclic amines) is 1. The van der Waals surface area contributed by atoms with Crippen molar-refractivity contribution in [3.8, 4) is 5.75 Å². The van der Waals surface area contributed by atoms with E-state index >= 15 is 0 Å². The molecule has 6 heteroatoms. The maximum Gasteiger partial charge on any atom is 0.191 e. The molecule has 0 spiro atoms. The van der Waals surface area contributed by atoms with Gasteiger partial charge in [-0.05, 0) is 31.0 Å². The molecule has 0 amide bonds. The molecule has 0 aromatic heterocycles. The summed E-state index contributed by atoms with van der Waals surface area (Å²) in [6, 6.07) is 5.93. The minimum Gasteiger partial charge on any atom is -0.496 e. The zero-order valence-corrected chi connectivity index (χ0v) is 16.3. The molecule has 2 N–H and O–H groups in total. The summed E-state index contributed by atoms with van der Waals surface area (Å²) in [7, 11) is 1.68. The molecule has 1 heterocycles. The molecule has 21 heavy (non-hydrogen) atoms. The van der Waals surface area contributed by atoms with Gasteiger partial charge in [-0.15, -0.1) is 24.0 Å². The number of benzene rings is 1. The van der Waals surface area contributed by atoms with Crippen LogP contribution in [-0.4, -0.2) is 31.1 Å². The maximum atomic E-state index is 6.12.